The molecule has 1 aliphatic heterocycles. The van der Waals surface area contributed by atoms with Gasteiger partial charge in [-0.1, -0.05) is 0 Å². The Morgan fingerprint density at radius 3 is 1.83 bits per heavy atom. The van der Waals surface area contributed by atoms with Gasteiger partial charge in [0.25, 0.3) is 0 Å². The van der Waals surface area contributed by atoms with Crippen LogP contribution in [0.4, 0.5) is 0 Å². The number of fused-ring (bicyclic) bond motifs is 3. The molecule has 0 bridgehead atoms. The van der Waals surface area contributed by atoms with E-state index in [2.05, 4.69) is 159 Å². The van der Waals surface area contributed by atoms with E-state index in [0.717, 1.165) is 0 Å². The second-order valence-electron chi connectivity index (χ2n) is 12.4. The average Bonchev–Trinajstić information content (AvgIpc) is 3.89. The number of hydrogen-bond acceptors (Lipinski definition) is 3. The summed E-state index contributed by atoms with van der Waals surface area (Å²) >= 11 is 5.72. The van der Waals surface area contributed by atoms with Crippen LogP contribution >= 0.6 is 29.9 Å². The van der Waals surface area contributed by atoms with Crippen LogP contribution in [0.25, 0.3) is 21.4 Å². The SMILES string of the molecule is CC=C1COCC1=CC(=C([C]#[Os])[P+](c1ccccc1)(c1ccccc1)c1ccccc1)c1cc2c(s1)-c1sc(/C=C/C)cc1C2(C)C. The first kappa shape index (κ1) is 32.4. The molecule has 0 unspecified atom stereocenters. The summed E-state index contributed by atoms with van der Waals surface area (Å²) in [5, 5.41) is 5.26. The van der Waals surface area contributed by atoms with Crippen molar-refractivity contribution in [1.29, 1.82) is 0 Å². The zero-order valence-corrected chi connectivity index (χ0v) is 32.1. The first-order valence-corrected chi connectivity index (χ1v) is 20.6. The molecule has 0 saturated carbocycles. The van der Waals surface area contributed by atoms with Crippen LogP contribution in [0.2, 0.25) is 0 Å². The van der Waals surface area contributed by atoms with E-state index in [1.54, 1.807) is 0 Å². The third-order valence-electron chi connectivity index (χ3n) is 9.33. The van der Waals surface area contributed by atoms with Crippen molar-refractivity contribution in [2.45, 2.75) is 33.1 Å². The van der Waals surface area contributed by atoms with E-state index < -0.39 is 7.26 Å². The third-order valence-corrected chi connectivity index (χ3v) is 17.1. The number of rotatable bonds is 7. The van der Waals surface area contributed by atoms with E-state index in [1.807, 2.05) is 40.6 Å². The maximum absolute atomic E-state index is 6.05. The number of ether oxygens (including phenoxy) is 1. The van der Waals surface area contributed by atoms with Crippen molar-refractivity contribution < 1.29 is 22.7 Å². The molecular formula is C42H37OOsPS2+. The van der Waals surface area contributed by atoms with Gasteiger partial charge in [0.15, 0.2) is 0 Å². The van der Waals surface area contributed by atoms with Gasteiger partial charge < -0.3 is 0 Å². The van der Waals surface area contributed by atoms with Crippen LogP contribution in [0, 0.1) is 4.37 Å². The molecule has 0 N–H and O–H groups in total. The topological polar surface area (TPSA) is 9.23 Å². The van der Waals surface area contributed by atoms with Gasteiger partial charge in [-0.2, -0.15) is 0 Å². The fourth-order valence-electron chi connectivity index (χ4n) is 6.96. The van der Waals surface area contributed by atoms with Crippen molar-refractivity contribution in [3.05, 3.63) is 159 Å². The van der Waals surface area contributed by atoms with Gasteiger partial charge in [-0.25, -0.2) is 0 Å². The van der Waals surface area contributed by atoms with Gasteiger partial charge in [-0.05, 0) is 0 Å². The van der Waals surface area contributed by atoms with E-state index >= 15 is 0 Å². The van der Waals surface area contributed by atoms with Crippen LogP contribution in [0.5, 0.6) is 0 Å². The summed E-state index contributed by atoms with van der Waals surface area (Å²) in [6.45, 7) is 10.3. The molecule has 0 radical (unpaired) electrons. The molecule has 47 heavy (non-hydrogen) atoms. The van der Waals surface area contributed by atoms with Crippen molar-refractivity contribution in [1.82, 2.24) is 0 Å². The Hall–Kier alpha value is -3.17. The summed E-state index contributed by atoms with van der Waals surface area (Å²) in [4.78, 5) is 5.45. The van der Waals surface area contributed by atoms with E-state index in [0.29, 0.717) is 13.2 Å². The molecule has 1 saturated heterocycles. The van der Waals surface area contributed by atoms with Crippen LogP contribution < -0.4 is 15.9 Å². The second-order valence-corrected chi connectivity index (χ2v) is 18.5. The Kier molecular flexibility index (Phi) is 9.22. The molecule has 1 fully saturated rings. The molecule has 5 aromatic rings. The van der Waals surface area contributed by atoms with Crippen LogP contribution in [0.1, 0.15) is 48.6 Å². The van der Waals surface area contributed by atoms with Crippen molar-refractivity contribution in [3.8, 4) is 14.1 Å². The predicted octanol–water partition coefficient (Wildman–Crippen LogP) is 10.3. The first-order chi connectivity index (χ1) is 22.9. The summed E-state index contributed by atoms with van der Waals surface area (Å²) in [6, 6.07) is 38.4. The van der Waals surface area contributed by atoms with Gasteiger partial charge in [0, 0.05) is 0 Å². The van der Waals surface area contributed by atoms with Gasteiger partial charge in [-0.15, -0.1) is 0 Å². The molecule has 3 aromatic carbocycles. The molecule has 0 atom stereocenters. The average molecular weight is 843 g/mol. The van der Waals surface area contributed by atoms with Crippen molar-refractivity contribution in [2.24, 2.45) is 0 Å². The van der Waals surface area contributed by atoms with E-state index in [4.69, 9.17) is 4.74 Å². The quantitative estimate of drug-likeness (QED) is 0.148. The van der Waals surface area contributed by atoms with Crippen LogP contribution in [0.15, 0.2) is 138 Å². The van der Waals surface area contributed by atoms with E-state index in [-0.39, 0.29) is 5.41 Å². The van der Waals surface area contributed by atoms with E-state index in [9.17, 15) is 0 Å². The molecule has 0 amide bonds. The molecule has 2 aromatic heterocycles. The molecule has 2 aliphatic rings. The zero-order chi connectivity index (χ0) is 32.6. The minimum absolute atomic E-state index is 0.0645. The predicted molar refractivity (Wildman–Crippen MR) is 203 cm³/mol. The van der Waals surface area contributed by atoms with Crippen molar-refractivity contribution in [2.75, 3.05) is 13.2 Å². The number of allylic oxidation sites excluding steroid dienone is 5. The third kappa shape index (κ3) is 5.51. The van der Waals surface area contributed by atoms with Crippen LogP contribution in [0.3, 0.4) is 0 Å². The fourth-order valence-corrected chi connectivity index (χ4v) is 15.6. The van der Waals surface area contributed by atoms with Gasteiger partial charge in [-0.3, -0.25) is 0 Å². The molecule has 1 nitrogen and oxygen atoms in total. The number of hydrogen-bond donors (Lipinski definition) is 0. The molecule has 3 heterocycles. The van der Waals surface area contributed by atoms with Crippen molar-refractivity contribution >= 4 is 57.5 Å². The Morgan fingerprint density at radius 1 is 0.766 bits per heavy atom. The molecule has 5 heteroatoms. The summed E-state index contributed by atoms with van der Waals surface area (Å²) < 4.78 is 9.97. The minimum atomic E-state index is -2.40. The Bertz CT molecular complexity index is 2010. The molecular weight excluding hydrogens is 806 g/mol. The van der Waals surface area contributed by atoms with Gasteiger partial charge in [0.2, 0.25) is 0 Å². The molecule has 1 aliphatic carbocycles. The van der Waals surface area contributed by atoms with Crippen LogP contribution in [-0.4, -0.2) is 13.2 Å². The number of thiophene rings is 2. The molecule has 235 valence electrons. The van der Waals surface area contributed by atoms with Crippen molar-refractivity contribution in [3.63, 3.8) is 0 Å². The summed E-state index contributed by atoms with van der Waals surface area (Å²) in [5.41, 5.74) is 6.59. The number of benzene rings is 3. The first-order valence-electron chi connectivity index (χ1n) is 16.0. The monoisotopic (exact) mass is 844 g/mol. The van der Waals surface area contributed by atoms with Gasteiger partial charge in [0.1, 0.15) is 0 Å². The van der Waals surface area contributed by atoms with E-state index in [1.165, 1.54) is 68.6 Å². The standard InChI is InChI=1S/C42H37OPS2.Os/c1-6-17-35-25-37-40(45-35)41-38(42(37,4)5)26-39(46-41)36(24-31-28-43-27-30(31)7-2)29(3)44(32-18-11-8-12-19-32,33-20-13-9-14-21-33)34-22-15-10-16-23-34;/h6-26H,27-28H2,1-2,4-5H3;/q+1;/b17-6+,30-7?,31-24?,36-29?;. The van der Waals surface area contributed by atoms with Crippen LogP contribution in [-0.2, 0) is 28.1 Å². The molecule has 7 rings (SSSR count). The maximum atomic E-state index is 6.05. The zero-order valence-electron chi connectivity index (χ0n) is 27.1. The summed E-state index contributed by atoms with van der Waals surface area (Å²) in [5.74, 6) is 0. The fraction of sp³-hybridized carbons (Fsp3) is 0.167. The Morgan fingerprint density at radius 2 is 1.30 bits per heavy atom. The van der Waals surface area contributed by atoms with Gasteiger partial charge in [0.05, 0.1) is 0 Å². The molecule has 0 spiro atoms. The Balaban J connectivity index is 1.60. The van der Waals surface area contributed by atoms with Gasteiger partial charge >= 0.3 is 299 Å². The summed E-state index contributed by atoms with van der Waals surface area (Å²) in [7, 11) is -2.40. The second kappa shape index (κ2) is 13.4. The summed E-state index contributed by atoms with van der Waals surface area (Å²) in [6.07, 6.45) is 9.03. The Labute approximate surface area is 297 Å². The normalized spacial score (nSPS) is 17.6.